The Kier molecular flexibility index (Phi) is 6.08. The van der Waals surface area contributed by atoms with Crippen molar-refractivity contribution in [3.8, 4) is 0 Å². The number of halogens is 3. The third kappa shape index (κ3) is 4.54. The van der Waals surface area contributed by atoms with E-state index in [4.69, 9.17) is 4.74 Å². The van der Waals surface area contributed by atoms with Crippen molar-refractivity contribution in [2.75, 3.05) is 42.6 Å². The zero-order valence-electron chi connectivity index (χ0n) is 19.1. The number of nitrogens with one attached hydrogen (secondary N) is 1. The van der Waals surface area contributed by atoms with Crippen LogP contribution < -0.4 is 15.1 Å². The Bertz CT molecular complexity index is 1090. The molecule has 0 saturated carbocycles. The van der Waals surface area contributed by atoms with Crippen LogP contribution in [-0.2, 0) is 15.7 Å². The van der Waals surface area contributed by atoms with Crippen molar-refractivity contribution in [2.45, 2.75) is 37.1 Å². The highest BCUT2D eigenvalue weighted by atomic mass is 19.4. The summed E-state index contributed by atoms with van der Waals surface area (Å²) in [4.78, 5) is 30.8. The summed E-state index contributed by atoms with van der Waals surface area (Å²) in [5.74, 6) is 0.0578. The first kappa shape index (κ1) is 23.5. The van der Waals surface area contributed by atoms with E-state index in [-0.39, 0.29) is 18.1 Å². The lowest BCUT2D eigenvalue weighted by Crippen LogP contribution is -2.56. The second-order valence-corrected chi connectivity index (χ2v) is 9.25. The molecule has 7 nitrogen and oxygen atoms in total. The number of rotatable bonds is 5. The van der Waals surface area contributed by atoms with E-state index in [1.54, 1.807) is 0 Å². The molecule has 1 atom stereocenters. The normalized spacial score (nSPS) is 22.5. The molecule has 1 spiro atoms. The SMILES string of the molecule is O=C1OC(CCN2CCC3(CC2)C(=O)NCN3c2ccccc2)CN1c1cccc(C(F)(F)F)c1. The first-order valence-corrected chi connectivity index (χ1v) is 11.7. The minimum atomic E-state index is -4.48. The van der Waals surface area contributed by atoms with Gasteiger partial charge in [0.1, 0.15) is 11.6 Å². The third-order valence-corrected chi connectivity index (χ3v) is 7.21. The predicted octanol–water partition coefficient (Wildman–Crippen LogP) is 3.85. The van der Waals surface area contributed by atoms with Gasteiger partial charge in [-0.05, 0) is 49.6 Å². The molecule has 0 aromatic heterocycles. The molecule has 186 valence electrons. The molecule has 3 fully saturated rings. The molecule has 0 bridgehead atoms. The van der Waals surface area contributed by atoms with E-state index >= 15 is 0 Å². The number of likely N-dealkylation sites (tertiary alicyclic amines) is 1. The van der Waals surface area contributed by atoms with Gasteiger partial charge in [0, 0.05) is 31.0 Å². The zero-order chi connectivity index (χ0) is 24.6. The van der Waals surface area contributed by atoms with Gasteiger partial charge in [0.05, 0.1) is 18.8 Å². The smallest absolute Gasteiger partial charge is 0.416 e. The second kappa shape index (κ2) is 9.07. The van der Waals surface area contributed by atoms with E-state index in [1.807, 2.05) is 30.3 Å². The van der Waals surface area contributed by atoms with Gasteiger partial charge >= 0.3 is 12.3 Å². The summed E-state index contributed by atoms with van der Waals surface area (Å²) in [7, 11) is 0. The van der Waals surface area contributed by atoms with Gasteiger partial charge in [-0.3, -0.25) is 9.69 Å². The number of amides is 2. The van der Waals surface area contributed by atoms with Crippen LogP contribution >= 0.6 is 0 Å². The summed E-state index contributed by atoms with van der Waals surface area (Å²) in [5, 5.41) is 2.99. The van der Waals surface area contributed by atoms with Gasteiger partial charge in [-0.2, -0.15) is 13.2 Å². The van der Waals surface area contributed by atoms with Gasteiger partial charge in [-0.15, -0.1) is 0 Å². The van der Waals surface area contributed by atoms with Crippen LogP contribution in [0.3, 0.4) is 0 Å². The maximum atomic E-state index is 13.0. The highest BCUT2D eigenvalue weighted by molar-refractivity contribution is 5.93. The van der Waals surface area contributed by atoms with Crippen LogP contribution in [-0.4, -0.2) is 61.4 Å². The minimum absolute atomic E-state index is 0.0578. The summed E-state index contributed by atoms with van der Waals surface area (Å²) >= 11 is 0. The van der Waals surface area contributed by atoms with E-state index in [1.165, 1.54) is 17.0 Å². The van der Waals surface area contributed by atoms with E-state index in [0.717, 1.165) is 30.9 Å². The Balaban J connectivity index is 1.16. The minimum Gasteiger partial charge on any atom is -0.444 e. The molecular formula is C25H27F3N4O3. The molecule has 1 unspecified atom stereocenters. The number of carbonyl (C=O) groups is 2. The van der Waals surface area contributed by atoms with Crippen LogP contribution in [0.4, 0.5) is 29.3 Å². The standard InChI is InChI=1S/C25H27F3N4O3/c26-25(27,28)18-5-4-8-20(15-18)31-16-21(35-23(31)34)9-12-30-13-10-24(11-14-30)22(33)29-17-32(24)19-6-2-1-3-7-19/h1-8,15,21H,9-14,16-17H2,(H,29,33). The summed E-state index contributed by atoms with van der Waals surface area (Å²) in [6.45, 7) is 2.84. The number of hydrogen-bond donors (Lipinski definition) is 1. The molecule has 2 amide bonds. The fourth-order valence-electron chi connectivity index (χ4n) is 5.24. The lowest BCUT2D eigenvalue weighted by Gasteiger charge is -2.43. The summed E-state index contributed by atoms with van der Waals surface area (Å²) in [6.07, 6.45) is -3.56. The largest absolute Gasteiger partial charge is 0.444 e. The number of hydrogen-bond acceptors (Lipinski definition) is 5. The van der Waals surface area contributed by atoms with Crippen molar-refractivity contribution in [1.82, 2.24) is 10.2 Å². The van der Waals surface area contributed by atoms with Gasteiger partial charge in [-0.25, -0.2) is 4.79 Å². The summed E-state index contributed by atoms with van der Waals surface area (Å²) < 4.78 is 44.6. The van der Waals surface area contributed by atoms with Crippen LogP contribution in [0, 0.1) is 0 Å². The number of benzene rings is 2. The number of ether oxygens (including phenoxy) is 1. The van der Waals surface area contributed by atoms with Crippen molar-refractivity contribution in [3.05, 3.63) is 60.2 Å². The number of nitrogens with zero attached hydrogens (tertiary/aromatic N) is 3. The Morgan fingerprint density at radius 2 is 1.71 bits per heavy atom. The average Bonchev–Trinajstić information content (AvgIpc) is 3.38. The van der Waals surface area contributed by atoms with Crippen molar-refractivity contribution in [3.63, 3.8) is 0 Å². The monoisotopic (exact) mass is 488 g/mol. The molecular weight excluding hydrogens is 461 g/mol. The summed E-state index contributed by atoms with van der Waals surface area (Å²) in [5.41, 5.74) is -0.154. The maximum Gasteiger partial charge on any atom is 0.416 e. The van der Waals surface area contributed by atoms with Crippen molar-refractivity contribution >= 4 is 23.4 Å². The number of carbonyl (C=O) groups excluding carboxylic acids is 2. The Morgan fingerprint density at radius 3 is 2.43 bits per heavy atom. The second-order valence-electron chi connectivity index (χ2n) is 9.25. The van der Waals surface area contributed by atoms with Crippen LogP contribution in [0.25, 0.3) is 0 Å². The number of alkyl halides is 3. The van der Waals surface area contributed by atoms with Gasteiger partial charge < -0.3 is 19.9 Å². The molecule has 0 aliphatic carbocycles. The molecule has 5 rings (SSSR count). The first-order valence-electron chi connectivity index (χ1n) is 11.7. The van der Waals surface area contributed by atoms with Crippen molar-refractivity contribution < 1.29 is 27.5 Å². The lowest BCUT2D eigenvalue weighted by molar-refractivity contribution is -0.137. The van der Waals surface area contributed by atoms with Crippen LogP contribution in [0.5, 0.6) is 0 Å². The molecule has 3 saturated heterocycles. The zero-order valence-corrected chi connectivity index (χ0v) is 19.1. The lowest BCUT2D eigenvalue weighted by atomic mass is 9.85. The van der Waals surface area contributed by atoms with E-state index in [2.05, 4.69) is 15.1 Å². The highest BCUT2D eigenvalue weighted by Gasteiger charge is 2.50. The molecule has 3 aliphatic rings. The van der Waals surface area contributed by atoms with Crippen LogP contribution in [0.15, 0.2) is 54.6 Å². The Hall–Kier alpha value is -3.27. The third-order valence-electron chi connectivity index (χ3n) is 7.21. The molecule has 3 heterocycles. The van der Waals surface area contributed by atoms with Gasteiger partial charge in [0.25, 0.3) is 0 Å². The predicted molar refractivity (Wildman–Crippen MR) is 124 cm³/mol. The molecule has 3 aliphatic heterocycles. The quantitative estimate of drug-likeness (QED) is 0.693. The fourth-order valence-corrected chi connectivity index (χ4v) is 5.24. The van der Waals surface area contributed by atoms with Gasteiger partial charge in [0.15, 0.2) is 0 Å². The van der Waals surface area contributed by atoms with E-state index < -0.39 is 29.5 Å². The highest BCUT2D eigenvalue weighted by Crippen LogP contribution is 2.37. The van der Waals surface area contributed by atoms with Crippen molar-refractivity contribution in [1.29, 1.82) is 0 Å². The van der Waals surface area contributed by atoms with Crippen molar-refractivity contribution in [2.24, 2.45) is 0 Å². The maximum absolute atomic E-state index is 13.0. The number of cyclic esters (lactones) is 1. The first-order chi connectivity index (χ1) is 16.8. The molecule has 35 heavy (non-hydrogen) atoms. The topological polar surface area (TPSA) is 65.1 Å². The average molecular weight is 489 g/mol. The number of piperidine rings is 1. The van der Waals surface area contributed by atoms with Crippen LogP contribution in [0.1, 0.15) is 24.8 Å². The number of anilines is 2. The van der Waals surface area contributed by atoms with Crippen LogP contribution in [0.2, 0.25) is 0 Å². The number of para-hydroxylation sites is 1. The fraction of sp³-hybridized carbons (Fsp3) is 0.440. The van der Waals surface area contributed by atoms with E-state index in [9.17, 15) is 22.8 Å². The van der Waals surface area contributed by atoms with Gasteiger partial charge in [-0.1, -0.05) is 24.3 Å². The molecule has 0 radical (unpaired) electrons. The Morgan fingerprint density at radius 1 is 1.00 bits per heavy atom. The molecule has 2 aromatic carbocycles. The summed E-state index contributed by atoms with van der Waals surface area (Å²) in [6, 6.07) is 14.6. The molecule has 2 aromatic rings. The molecule has 1 N–H and O–H groups in total. The molecule has 10 heteroatoms. The van der Waals surface area contributed by atoms with Gasteiger partial charge in [0.2, 0.25) is 5.91 Å². The van der Waals surface area contributed by atoms with E-state index in [0.29, 0.717) is 32.5 Å². The Labute approximate surface area is 201 Å².